The average Bonchev–Trinajstić information content (AvgIpc) is 3.06. The lowest BCUT2D eigenvalue weighted by Crippen LogP contribution is -2.48. The number of ether oxygens (including phenoxy) is 1. The van der Waals surface area contributed by atoms with E-state index in [0.29, 0.717) is 24.3 Å². The van der Waals surface area contributed by atoms with Gasteiger partial charge in [0.2, 0.25) is 10.0 Å². The van der Waals surface area contributed by atoms with Gasteiger partial charge in [-0.1, -0.05) is 0 Å². The van der Waals surface area contributed by atoms with Gasteiger partial charge in [-0.25, -0.2) is 13.4 Å². The van der Waals surface area contributed by atoms with Gasteiger partial charge in [-0.05, 0) is 63.2 Å². The van der Waals surface area contributed by atoms with Gasteiger partial charge in [0.1, 0.15) is 0 Å². The summed E-state index contributed by atoms with van der Waals surface area (Å²) in [5, 5.41) is 3.82. The van der Waals surface area contributed by atoms with Crippen LogP contribution in [0, 0.1) is 6.92 Å². The summed E-state index contributed by atoms with van der Waals surface area (Å²) in [5.74, 6) is -0.298. The highest BCUT2D eigenvalue weighted by Gasteiger charge is 2.32. The Morgan fingerprint density at radius 2 is 1.80 bits per heavy atom. The SMILES string of the molecule is Cc1nc2ccc(NC(=O)c3ccc(S(=O)(=O)N4CC(C)OC(C)C4)cc3)cc2s1. The summed E-state index contributed by atoms with van der Waals surface area (Å²) < 4.78 is 33.9. The van der Waals surface area contributed by atoms with Crippen molar-refractivity contribution in [3.8, 4) is 0 Å². The highest BCUT2D eigenvalue weighted by atomic mass is 32.2. The third kappa shape index (κ3) is 4.24. The Labute approximate surface area is 179 Å². The molecule has 1 aliphatic heterocycles. The molecule has 1 aliphatic rings. The summed E-state index contributed by atoms with van der Waals surface area (Å²) in [6.07, 6.45) is -0.318. The third-order valence-corrected chi connectivity index (χ3v) is 7.67. The number of hydrogen-bond acceptors (Lipinski definition) is 6. The maximum Gasteiger partial charge on any atom is 0.255 e. The topological polar surface area (TPSA) is 88.6 Å². The van der Waals surface area contributed by atoms with Crippen molar-refractivity contribution in [3.05, 3.63) is 53.0 Å². The molecular formula is C21H23N3O4S2. The van der Waals surface area contributed by atoms with E-state index in [4.69, 9.17) is 4.74 Å². The minimum Gasteiger partial charge on any atom is -0.373 e. The lowest BCUT2D eigenvalue weighted by molar-refractivity contribution is -0.0440. The minimum absolute atomic E-state index is 0.159. The van der Waals surface area contributed by atoms with Gasteiger partial charge in [0.25, 0.3) is 5.91 Å². The molecule has 1 saturated heterocycles. The van der Waals surface area contributed by atoms with Crippen LogP contribution in [-0.2, 0) is 14.8 Å². The Bertz CT molecular complexity index is 1180. The second-order valence-corrected chi connectivity index (χ2v) is 10.6. The number of carbonyl (C=O) groups excluding carboxylic acids is 1. The van der Waals surface area contributed by atoms with Gasteiger partial charge in [0.15, 0.2) is 0 Å². The highest BCUT2D eigenvalue weighted by Crippen LogP contribution is 2.25. The summed E-state index contributed by atoms with van der Waals surface area (Å²) >= 11 is 1.56. The second kappa shape index (κ2) is 8.07. The van der Waals surface area contributed by atoms with Crippen LogP contribution in [-0.4, -0.2) is 48.9 Å². The fourth-order valence-corrected chi connectivity index (χ4v) is 6.03. The lowest BCUT2D eigenvalue weighted by atomic mass is 10.2. The van der Waals surface area contributed by atoms with Gasteiger partial charge < -0.3 is 10.1 Å². The molecule has 2 heterocycles. The van der Waals surface area contributed by atoms with Crippen LogP contribution >= 0.6 is 11.3 Å². The molecule has 4 rings (SSSR count). The molecule has 1 aromatic heterocycles. The van der Waals surface area contributed by atoms with E-state index in [-0.39, 0.29) is 23.0 Å². The van der Waals surface area contributed by atoms with Gasteiger partial charge in [0.05, 0.1) is 32.3 Å². The minimum atomic E-state index is -3.64. The van der Waals surface area contributed by atoms with Gasteiger partial charge >= 0.3 is 0 Å². The number of hydrogen-bond donors (Lipinski definition) is 1. The first-order chi connectivity index (χ1) is 14.2. The van der Waals surface area contributed by atoms with Gasteiger partial charge in [-0.15, -0.1) is 11.3 Å². The third-order valence-electron chi connectivity index (χ3n) is 4.89. The van der Waals surface area contributed by atoms with Crippen molar-refractivity contribution < 1.29 is 17.9 Å². The van der Waals surface area contributed by atoms with Crippen LogP contribution in [0.5, 0.6) is 0 Å². The van der Waals surface area contributed by atoms with E-state index < -0.39 is 10.0 Å². The quantitative estimate of drug-likeness (QED) is 0.662. The molecule has 158 valence electrons. The molecule has 0 radical (unpaired) electrons. The molecule has 1 amide bonds. The Morgan fingerprint density at radius 1 is 1.13 bits per heavy atom. The summed E-state index contributed by atoms with van der Waals surface area (Å²) in [6.45, 7) is 6.28. The van der Waals surface area contributed by atoms with Crippen molar-refractivity contribution in [1.29, 1.82) is 0 Å². The number of rotatable bonds is 4. The van der Waals surface area contributed by atoms with Crippen LogP contribution in [0.25, 0.3) is 10.2 Å². The monoisotopic (exact) mass is 445 g/mol. The van der Waals surface area contributed by atoms with E-state index >= 15 is 0 Å². The molecule has 2 atom stereocenters. The van der Waals surface area contributed by atoms with Crippen molar-refractivity contribution in [2.24, 2.45) is 0 Å². The summed E-state index contributed by atoms with van der Waals surface area (Å²) in [4.78, 5) is 17.2. The number of carbonyl (C=O) groups is 1. The first kappa shape index (κ1) is 20.9. The van der Waals surface area contributed by atoms with E-state index in [0.717, 1.165) is 15.2 Å². The molecule has 0 saturated carbocycles. The van der Waals surface area contributed by atoms with Gasteiger partial charge in [0, 0.05) is 24.3 Å². The largest absolute Gasteiger partial charge is 0.373 e. The van der Waals surface area contributed by atoms with Crippen molar-refractivity contribution in [2.75, 3.05) is 18.4 Å². The zero-order valence-electron chi connectivity index (χ0n) is 17.0. The number of aromatic nitrogens is 1. The summed E-state index contributed by atoms with van der Waals surface area (Å²) in [5.41, 5.74) is 1.96. The number of benzene rings is 2. The molecule has 1 fully saturated rings. The Balaban J connectivity index is 1.50. The molecule has 30 heavy (non-hydrogen) atoms. The van der Waals surface area contributed by atoms with Crippen LogP contribution in [0.15, 0.2) is 47.4 Å². The first-order valence-corrected chi connectivity index (χ1v) is 11.9. The molecule has 7 nitrogen and oxygen atoms in total. The fraction of sp³-hybridized carbons (Fsp3) is 0.333. The zero-order chi connectivity index (χ0) is 21.5. The second-order valence-electron chi connectivity index (χ2n) is 7.47. The number of sulfonamides is 1. The number of amides is 1. The van der Waals surface area contributed by atoms with Crippen LogP contribution in [0.1, 0.15) is 29.2 Å². The van der Waals surface area contributed by atoms with E-state index in [1.165, 1.54) is 28.6 Å². The van der Waals surface area contributed by atoms with Crippen LogP contribution in [0.3, 0.4) is 0 Å². The Hall–Kier alpha value is -2.33. The molecule has 9 heteroatoms. The number of nitrogens with one attached hydrogen (secondary N) is 1. The number of fused-ring (bicyclic) bond motifs is 1. The molecule has 3 aromatic rings. The molecule has 0 aliphatic carbocycles. The van der Waals surface area contributed by atoms with Crippen molar-refractivity contribution in [1.82, 2.24) is 9.29 Å². The smallest absolute Gasteiger partial charge is 0.255 e. The zero-order valence-corrected chi connectivity index (χ0v) is 18.6. The van der Waals surface area contributed by atoms with E-state index in [9.17, 15) is 13.2 Å². The number of thiazole rings is 1. The molecule has 2 unspecified atom stereocenters. The molecule has 0 spiro atoms. The lowest BCUT2D eigenvalue weighted by Gasteiger charge is -2.34. The molecule has 0 bridgehead atoms. The predicted molar refractivity (Wildman–Crippen MR) is 118 cm³/mol. The average molecular weight is 446 g/mol. The van der Waals surface area contributed by atoms with Crippen LogP contribution in [0.4, 0.5) is 5.69 Å². The van der Waals surface area contributed by atoms with Gasteiger partial charge in [-0.3, -0.25) is 4.79 Å². The maximum absolute atomic E-state index is 12.9. The number of anilines is 1. The first-order valence-electron chi connectivity index (χ1n) is 9.66. The number of morpholine rings is 1. The van der Waals surface area contributed by atoms with Crippen molar-refractivity contribution in [2.45, 2.75) is 37.9 Å². The summed E-state index contributed by atoms with van der Waals surface area (Å²) in [6, 6.07) is 11.6. The van der Waals surface area contributed by atoms with Gasteiger partial charge in [-0.2, -0.15) is 4.31 Å². The van der Waals surface area contributed by atoms with E-state index in [1.807, 2.05) is 32.9 Å². The fourth-order valence-electron chi connectivity index (χ4n) is 3.58. The summed E-state index contributed by atoms with van der Waals surface area (Å²) in [7, 11) is -3.64. The molecule has 2 aromatic carbocycles. The van der Waals surface area contributed by atoms with Crippen LogP contribution < -0.4 is 5.32 Å². The van der Waals surface area contributed by atoms with E-state index in [1.54, 1.807) is 17.4 Å². The Kier molecular flexibility index (Phi) is 5.63. The standard InChI is InChI=1S/C21H23N3O4S2/c1-13-11-24(12-14(2)28-13)30(26,27)18-7-4-16(5-8-18)21(25)23-17-6-9-19-20(10-17)29-15(3)22-19/h4-10,13-14H,11-12H2,1-3H3,(H,23,25). The number of nitrogens with zero attached hydrogens (tertiary/aromatic N) is 2. The highest BCUT2D eigenvalue weighted by molar-refractivity contribution is 7.89. The van der Waals surface area contributed by atoms with Crippen molar-refractivity contribution >= 4 is 43.2 Å². The molecular weight excluding hydrogens is 422 g/mol. The maximum atomic E-state index is 12.9. The van der Waals surface area contributed by atoms with Crippen LogP contribution in [0.2, 0.25) is 0 Å². The number of aryl methyl sites for hydroxylation is 1. The normalized spacial score (nSPS) is 20.4. The van der Waals surface area contributed by atoms with Crippen molar-refractivity contribution in [3.63, 3.8) is 0 Å². The van der Waals surface area contributed by atoms with E-state index in [2.05, 4.69) is 10.3 Å². The predicted octanol–water partition coefficient (Wildman–Crippen LogP) is 3.65. The molecule has 1 N–H and O–H groups in total. The Morgan fingerprint density at radius 3 is 2.47 bits per heavy atom.